The second-order valence-corrected chi connectivity index (χ2v) is 7.89. The van der Waals surface area contributed by atoms with Gasteiger partial charge >= 0.3 is 5.97 Å². The molecule has 0 amide bonds. The van der Waals surface area contributed by atoms with Crippen molar-refractivity contribution in [1.29, 1.82) is 0 Å². The number of anilines is 2. The number of esters is 1. The topological polar surface area (TPSA) is 53.6 Å². The largest absolute Gasteiger partial charge is 0.465 e. The van der Waals surface area contributed by atoms with Crippen molar-refractivity contribution < 1.29 is 9.53 Å². The molecule has 2 aromatic carbocycles. The highest BCUT2D eigenvalue weighted by Gasteiger charge is 2.13. The highest BCUT2D eigenvalue weighted by atomic mass is 32.1. The Hall–Kier alpha value is -2.60. The van der Waals surface area contributed by atoms with Crippen LogP contribution in [-0.4, -0.2) is 31.3 Å². The number of hydrogen-bond acceptors (Lipinski definition) is 4. The third kappa shape index (κ3) is 5.48. The lowest BCUT2D eigenvalue weighted by atomic mass is 10.1. The zero-order valence-electron chi connectivity index (χ0n) is 17.3. The molecule has 5 nitrogen and oxygen atoms in total. The lowest BCUT2D eigenvalue weighted by Crippen LogP contribution is -2.31. The van der Waals surface area contributed by atoms with Crippen LogP contribution in [0.2, 0.25) is 0 Å². The Morgan fingerprint density at radius 2 is 1.79 bits per heavy atom. The van der Waals surface area contributed by atoms with Crippen molar-refractivity contribution in [3.63, 3.8) is 0 Å². The van der Waals surface area contributed by atoms with Crippen LogP contribution in [0.25, 0.3) is 0 Å². The van der Waals surface area contributed by atoms with Crippen molar-refractivity contribution >= 4 is 34.7 Å². The lowest BCUT2D eigenvalue weighted by molar-refractivity contribution is 0.0601. The maximum atomic E-state index is 11.8. The van der Waals surface area contributed by atoms with Gasteiger partial charge in [0.15, 0.2) is 5.11 Å². The molecule has 1 saturated heterocycles. The van der Waals surface area contributed by atoms with Gasteiger partial charge in [-0.3, -0.25) is 0 Å². The molecule has 154 valence electrons. The number of carbonyl (C=O) groups excluding carboxylic acids is 1. The first-order valence-corrected chi connectivity index (χ1v) is 10.5. The van der Waals surface area contributed by atoms with Crippen molar-refractivity contribution in [2.75, 3.05) is 30.4 Å². The van der Waals surface area contributed by atoms with Crippen molar-refractivity contribution in [2.45, 2.75) is 39.2 Å². The van der Waals surface area contributed by atoms with Crippen LogP contribution in [0.4, 0.5) is 11.4 Å². The first-order valence-electron chi connectivity index (χ1n) is 10.1. The van der Waals surface area contributed by atoms with Crippen LogP contribution in [0.1, 0.15) is 53.7 Å². The molecule has 0 aromatic heterocycles. The average Bonchev–Trinajstić information content (AvgIpc) is 2.75. The molecular weight excluding hydrogens is 382 g/mol. The molecule has 0 bridgehead atoms. The van der Waals surface area contributed by atoms with Crippen LogP contribution in [0.5, 0.6) is 0 Å². The molecule has 1 fully saturated rings. The summed E-state index contributed by atoms with van der Waals surface area (Å²) in [5, 5.41) is 7.04. The monoisotopic (exact) mass is 411 g/mol. The number of piperidine rings is 1. The molecular formula is C23H29N3O2S. The first kappa shape index (κ1) is 21.1. The first-order chi connectivity index (χ1) is 14.0. The van der Waals surface area contributed by atoms with Gasteiger partial charge in [0.05, 0.1) is 18.7 Å². The maximum absolute atomic E-state index is 11.8. The molecule has 0 spiro atoms. The molecule has 1 atom stereocenters. The summed E-state index contributed by atoms with van der Waals surface area (Å²) in [6.07, 6.45) is 3.88. The van der Waals surface area contributed by atoms with E-state index in [-0.39, 0.29) is 12.0 Å². The number of nitrogens with one attached hydrogen (secondary N) is 2. The summed E-state index contributed by atoms with van der Waals surface area (Å²) in [6, 6.07) is 14.1. The summed E-state index contributed by atoms with van der Waals surface area (Å²) in [4.78, 5) is 14.2. The van der Waals surface area contributed by atoms with Crippen LogP contribution in [0.3, 0.4) is 0 Å². The van der Waals surface area contributed by atoms with Crippen molar-refractivity contribution in [3.8, 4) is 0 Å². The quantitative estimate of drug-likeness (QED) is 0.543. The molecule has 1 aliphatic heterocycles. The van der Waals surface area contributed by atoms with E-state index in [4.69, 9.17) is 17.0 Å². The zero-order valence-corrected chi connectivity index (χ0v) is 18.1. The third-order valence-corrected chi connectivity index (χ3v) is 5.59. The molecule has 2 N–H and O–H groups in total. The fourth-order valence-electron chi connectivity index (χ4n) is 3.57. The Bertz CT molecular complexity index is 861. The number of rotatable bonds is 5. The molecule has 0 aliphatic carbocycles. The second-order valence-electron chi connectivity index (χ2n) is 7.48. The van der Waals surface area contributed by atoms with E-state index in [1.54, 1.807) is 12.1 Å². The summed E-state index contributed by atoms with van der Waals surface area (Å²) in [7, 11) is 1.37. The van der Waals surface area contributed by atoms with E-state index >= 15 is 0 Å². The molecule has 29 heavy (non-hydrogen) atoms. The normalized spacial score (nSPS) is 14.8. The van der Waals surface area contributed by atoms with Crippen molar-refractivity contribution in [2.24, 2.45) is 0 Å². The van der Waals surface area contributed by atoms with E-state index in [0.29, 0.717) is 10.7 Å². The Kier molecular flexibility index (Phi) is 7.09. The van der Waals surface area contributed by atoms with Gasteiger partial charge in [-0.1, -0.05) is 18.2 Å². The summed E-state index contributed by atoms with van der Waals surface area (Å²) in [5.41, 5.74) is 4.75. The van der Waals surface area contributed by atoms with Crippen LogP contribution in [0.15, 0.2) is 42.5 Å². The Balaban J connectivity index is 1.61. The zero-order chi connectivity index (χ0) is 20.8. The number of carbonyl (C=O) groups is 1. The lowest BCUT2D eigenvalue weighted by Gasteiger charge is -2.29. The minimum atomic E-state index is -0.367. The fraction of sp³-hybridized carbons (Fsp3) is 0.391. The van der Waals surface area contributed by atoms with Crippen LogP contribution >= 0.6 is 12.2 Å². The number of ether oxygens (including phenoxy) is 1. The van der Waals surface area contributed by atoms with Gasteiger partial charge < -0.3 is 20.3 Å². The van der Waals surface area contributed by atoms with Gasteiger partial charge in [-0.15, -0.1) is 0 Å². The van der Waals surface area contributed by atoms with Crippen molar-refractivity contribution in [1.82, 2.24) is 5.32 Å². The van der Waals surface area contributed by atoms with Crippen LogP contribution < -0.4 is 15.5 Å². The minimum absolute atomic E-state index is 0.0644. The van der Waals surface area contributed by atoms with Gasteiger partial charge in [0.1, 0.15) is 0 Å². The number of hydrogen-bond donors (Lipinski definition) is 2. The molecule has 3 rings (SSSR count). The van der Waals surface area contributed by atoms with Gasteiger partial charge in [-0.2, -0.15) is 0 Å². The Morgan fingerprint density at radius 1 is 1.10 bits per heavy atom. The standard InChI is InChI=1S/C23H29N3O2S/c1-16-7-8-19(22(27)28-3)15-21(16)25-23(29)24-17(2)18-9-11-20(12-10-18)26-13-5-4-6-14-26/h7-12,15,17H,4-6,13-14H2,1-3H3,(H2,24,25,29)/t17-/m1/s1. The molecule has 0 unspecified atom stereocenters. The van der Waals surface area contributed by atoms with E-state index < -0.39 is 0 Å². The number of aryl methyl sites for hydroxylation is 1. The molecule has 6 heteroatoms. The van der Waals surface area contributed by atoms with E-state index in [2.05, 4.69) is 46.7 Å². The van der Waals surface area contributed by atoms with Gasteiger partial charge in [-0.25, -0.2) is 4.79 Å². The minimum Gasteiger partial charge on any atom is -0.465 e. The summed E-state index contributed by atoms with van der Waals surface area (Å²) >= 11 is 5.49. The predicted octanol–water partition coefficient (Wildman–Crippen LogP) is 4.82. The van der Waals surface area contributed by atoms with E-state index in [1.807, 2.05) is 13.0 Å². The number of nitrogens with zero attached hydrogens (tertiary/aromatic N) is 1. The predicted molar refractivity (Wildman–Crippen MR) is 123 cm³/mol. The number of benzene rings is 2. The van der Waals surface area contributed by atoms with Gasteiger partial charge in [0.2, 0.25) is 0 Å². The SMILES string of the molecule is COC(=O)c1ccc(C)c(NC(=S)N[C@H](C)c2ccc(N3CCCCC3)cc2)c1. The van der Waals surface area contributed by atoms with Gasteiger partial charge in [0.25, 0.3) is 0 Å². The highest BCUT2D eigenvalue weighted by molar-refractivity contribution is 7.80. The average molecular weight is 412 g/mol. The van der Waals surface area contributed by atoms with Crippen LogP contribution in [-0.2, 0) is 4.74 Å². The Labute approximate surface area is 178 Å². The molecule has 2 aromatic rings. The Morgan fingerprint density at radius 3 is 2.45 bits per heavy atom. The maximum Gasteiger partial charge on any atom is 0.337 e. The summed E-state index contributed by atoms with van der Waals surface area (Å²) in [5.74, 6) is -0.367. The summed E-state index contributed by atoms with van der Waals surface area (Å²) in [6.45, 7) is 6.34. The molecule has 0 radical (unpaired) electrons. The van der Waals surface area contributed by atoms with Gasteiger partial charge in [0, 0.05) is 24.5 Å². The number of methoxy groups -OCH3 is 1. The van der Waals surface area contributed by atoms with Crippen LogP contribution in [0, 0.1) is 6.92 Å². The van der Waals surface area contributed by atoms with E-state index in [0.717, 1.165) is 24.3 Å². The number of thiocarbonyl (C=S) groups is 1. The van der Waals surface area contributed by atoms with E-state index in [1.165, 1.54) is 37.6 Å². The van der Waals surface area contributed by atoms with Crippen molar-refractivity contribution in [3.05, 3.63) is 59.2 Å². The smallest absolute Gasteiger partial charge is 0.337 e. The third-order valence-electron chi connectivity index (χ3n) is 5.37. The van der Waals surface area contributed by atoms with E-state index in [9.17, 15) is 4.79 Å². The second kappa shape index (κ2) is 9.74. The van der Waals surface area contributed by atoms with Gasteiger partial charge in [-0.05, 0) is 80.7 Å². The molecule has 0 saturated carbocycles. The highest BCUT2D eigenvalue weighted by Crippen LogP contribution is 2.23. The summed E-state index contributed by atoms with van der Waals surface area (Å²) < 4.78 is 4.79. The molecule has 1 aliphatic rings. The molecule has 1 heterocycles. The fourth-order valence-corrected chi connectivity index (χ4v) is 3.85.